The summed E-state index contributed by atoms with van der Waals surface area (Å²) >= 11 is 0. The van der Waals surface area contributed by atoms with E-state index in [-0.39, 0.29) is 6.10 Å². The second-order valence-electron chi connectivity index (χ2n) is 3.89. The van der Waals surface area contributed by atoms with Gasteiger partial charge in [0.2, 0.25) is 0 Å². The molecule has 1 saturated heterocycles. The Balaban J connectivity index is 2.27. The van der Waals surface area contributed by atoms with E-state index in [9.17, 15) is 0 Å². The van der Waals surface area contributed by atoms with Crippen molar-refractivity contribution in [1.82, 2.24) is 0 Å². The SMILES string of the molecule is C=C1CCCOC(c2ccccc2)C1=C. The number of ether oxygens (including phenoxy) is 1. The molecular weight excluding hydrogens is 184 g/mol. The van der Waals surface area contributed by atoms with E-state index in [1.807, 2.05) is 18.2 Å². The third kappa shape index (κ3) is 2.18. The smallest absolute Gasteiger partial charge is 0.107 e. The predicted molar refractivity (Wildman–Crippen MR) is 62.6 cm³/mol. The fourth-order valence-corrected chi connectivity index (χ4v) is 1.86. The lowest BCUT2D eigenvalue weighted by Gasteiger charge is -2.18. The van der Waals surface area contributed by atoms with Gasteiger partial charge in [0.15, 0.2) is 0 Å². The predicted octanol–water partition coefficient (Wildman–Crippen LogP) is 3.65. The summed E-state index contributed by atoms with van der Waals surface area (Å²) in [7, 11) is 0. The molecule has 0 aliphatic carbocycles. The average Bonchev–Trinajstić information content (AvgIpc) is 2.44. The first kappa shape index (κ1) is 10.2. The lowest BCUT2D eigenvalue weighted by atomic mass is 9.96. The summed E-state index contributed by atoms with van der Waals surface area (Å²) in [5.74, 6) is 0. The van der Waals surface area contributed by atoms with E-state index in [1.165, 1.54) is 5.56 Å². The van der Waals surface area contributed by atoms with Gasteiger partial charge in [-0.25, -0.2) is 0 Å². The topological polar surface area (TPSA) is 9.23 Å². The third-order valence-electron chi connectivity index (χ3n) is 2.78. The van der Waals surface area contributed by atoms with Gasteiger partial charge in [-0.3, -0.25) is 0 Å². The molecule has 1 fully saturated rings. The van der Waals surface area contributed by atoms with Crippen molar-refractivity contribution in [3.8, 4) is 0 Å². The molecule has 1 heteroatoms. The quantitative estimate of drug-likeness (QED) is 0.672. The first-order valence-electron chi connectivity index (χ1n) is 5.32. The molecule has 0 N–H and O–H groups in total. The molecule has 1 heterocycles. The van der Waals surface area contributed by atoms with Crippen LogP contribution < -0.4 is 0 Å². The van der Waals surface area contributed by atoms with Crippen LogP contribution in [0.15, 0.2) is 54.6 Å². The maximum Gasteiger partial charge on any atom is 0.107 e. The Morgan fingerprint density at radius 2 is 1.87 bits per heavy atom. The van der Waals surface area contributed by atoms with Gasteiger partial charge < -0.3 is 4.74 Å². The number of benzene rings is 1. The fraction of sp³-hybridized carbons (Fsp3) is 0.286. The molecule has 1 unspecified atom stereocenters. The third-order valence-corrected chi connectivity index (χ3v) is 2.78. The zero-order chi connectivity index (χ0) is 10.7. The Bertz CT molecular complexity index is 364. The van der Waals surface area contributed by atoms with Gasteiger partial charge in [-0.15, -0.1) is 0 Å². The van der Waals surface area contributed by atoms with Crippen LogP contribution in [0.5, 0.6) is 0 Å². The van der Waals surface area contributed by atoms with Gasteiger partial charge in [-0.1, -0.05) is 43.5 Å². The van der Waals surface area contributed by atoms with Gasteiger partial charge in [0, 0.05) is 6.61 Å². The Morgan fingerprint density at radius 1 is 1.13 bits per heavy atom. The highest BCUT2D eigenvalue weighted by Crippen LogP contribution is 2.33. The van der Waals surface area contributed by atoms with Crippen LogP contribution in [-0.4, -0.2) is 6.61 Å². The molecule has 1 aliphatic heterocycles. The molecule has 0 amide bonds. The van der Waals surface area contributed by atoms with Crippen molar-refractivity contribution in [1.29, 1.82) is 0 Å². The summed E-state index contributed by atoms with van der Waals surface area (Å²) in [6, 6.07) is 10.2. The standard InChI is InChI=1S/C14H16O/c1-11-7-6-10-15-14(12(11)2)13-8-4-3-5-9-13/h3-5,8-9,14H,1-2,6-7,10H2. The summed E-state index contributed by atoms with van der Waals surface area (Å²) in [6.45, 7) is 8.93. The zero-order valence-corrected chi connectivity index (χ0v) is 8.91. The molecule has 78 valence electrons. The van der Waals surface area contributed by atoms with Crippen LogP contribution >= 0.6 is 0 Å². The van der Waals surface area contributed by atoms with Crippen LogP contribution in [-0.2, 0) is 4.74 Å². The van der Waals surface area contributed by atoms with Crippen molar-refractivity contribution in [2.45, 2.75) is 18.9 Å². The monoisotopic (exact) mass is 200 g/mol. The number of rotatable bonds is 1. The molecule has 0 spiro atoms. The minimum absolute atomic E-state index is 0.00111. The van der Waals surface area contributed by atoms with E-state index in [1.54, 1.807) is 0 Å². The summed E-state index contributed by atoms with van der Waals surface area (Å²) in [5.41, 5.74) is 3.32. The summed E-state index contributed by atoms with van der Waals surface area (Å²) < 4.78 is 5.81. The van der Waals surface area contributed by atoms with Crippen LogP contribution in [0.2, 0.25) is 0 Å². The molecule has 0 aromatic heterocycles. The summed E-state index contributed by atoms with van der Waals surface area (Å²) in [6.07, 6.45) is 2.05. The second-order valence-corrected chi connectivity index (χ2v) is 3.89. The van der Waals surface area contributed by atoms with Crippen molar-refractivity contribution < 1.29 is 4.74 Å². The van der Waals surface area contributed by atoms with Crippen molar-refractivity contribution >= 4 is 0 Å². The molecule has 1 atom stereocenters. The lowest BCUT2D eigenvalue weighted by molar-refractivity contribution is 0.0848. The maximum atomic E-state index is 5.81. The first-order chi connectivity index (χ1) is 7.29. The Kier molecular flexibility index (Phi) is 3.02. The van der Waals surface area contributed by atoms with Crippen molar-refractivity contribution in [2.24, 2.45) is 0 Å². The van der Waals surface area contributed by atoms with Gasteiger partial charge in [0.25, 0.3) is 0 Å². The normalized spacial score (nSPS) is 22.5. The average molecular weight is 200 g/mol. The van der Waals surface area contributed by atoms with Crippen LogP contribution in [0.1, 0.15) is 24.5 Å². The number of hydrogen-bond donors (Lipinski definition) is 0. The highest BCUT2D eigenvalue weighted by molar-refractivity contribution is 5.36. The zero-order valence-electron chi connectivity index (χ0n) is 8.91. The van der Waals surface area contributed by atoms with Gasteiger partial charge in [-0.2, -0.15) is 0 Å². The summed E-state index contributed by atoms with van der Waals surface area (Å²) in [5, 5.41) is 0. The van der Waals surface area contributed by atoms with Crippen molar-refractivity contribution in [2.75, 3.05) is 6.61 Å². The molecule has 0 radical (unpaired) electrons. The minimum atomic E-state index is 0.00111. The number of hydrogen-bond acceptors (Lipinski definition) is 1. The van der Waals surface area contributed by atoms with Crippen LogP contribution in [0.4, 0.5) is 0 Å². The van der Waals surface area contributed by atoms with Crippen molar-refractivity contribution in [3.63, 3.8) is 0 Å². The molecule has 1 aliphatic rings. The Hall–Kier alpha value is -1.34. The lowest BCUT2D eigenvalue weighted by Crippen LogP contribution is -2.05. The Morgan fingerprint density at radius 3 is 2.60 bits per heavy atom. The van der Waals surface area contributed by atoms with E-state index < -0.39 is 0 Å². The van der Waals surface area contributed by atoms with Crippen LogP contribution in [0.3, 0.4) is 0 Å². The molecule has 0 saturated carbocycles. The van der Waals surface area contributed by atoms with E-state index >= 15 is 0 Å². The van der Waals surface area contributed by atoms with E-state index in [2.05, 4.69) is 25.3 Å². The molecule has 1 aromatic carbocycles. The van der Waals surface area contributed by atoms with Gasteiger partial charge in [0.1, 0.15) is 6.10 Å². The molecule has 15 heavy (non-hydrogen) atoms. The maximum absolute atomic E-state index is 5.81. The van der Waals surface area contributed by atoms with E-state index in [0.717, 1.165) is 30.6 Å². The van der Waals surface area contributed by atoms with E-state index in [4.69, 9.17) is 4.74 Å². The van der Waals surface area contributed by atoms with Gasteiger partial charge >= 0.3 is 0 Å². The van der Waals surface area contributed by atoms with Crippen LogP contribution in [0, 0.1) is 0 Å². The molecule has 2 rings (SSSR count). The summed E-state index contributed by atoms with van der Waals surface area (Å²) in [4.78, 5) is 0. The molecule has 0 bridgehead atoms. The molecule has 1 aromatic rings. The van der Waals surface area contributed by atoms with Gasteiger partial charge in [0.05, 0.1) is 0 Å². The Labute approximate surface area is 91.1 Å². The molecule has 1 nitrogen and oxygen atoms in total. The van der Waals surface area contributed by atoms with Gasteiger partial charge in [-0.05, 0) is 29.6 Å². The molecular formula is C14H16O. The minimum Gasteiger partial charge on any atom is -0.369 e. The highest BCUT2D eigenvalue weighted by atomic mass is 16.5. The van der Waals surface area contributed by atoms with Crippen molar-refractivity contribution in [3.05, 3.63) is 60.2 Å². The first-order valence-corrected chi connectivity index (χ1v) is 5.32. The largest absolute Gasteiger partial charge is 0.369 e. The van der Waals surface area contributed by atoms with Crippen LogP contribution in [0.25, 0.3) is 0 Å². The van der Waals surface area contributed by atoms with E-state index in [0.29, 0.717) is 0 Å². The second kappa shape index (κ2) is 4.45. The fourth-order valence-electron chi connectivity index (χ4n) is 1.86. The highest BCUT2D eigenvalue weighted by Gasteiger charge is 2.20.